The lowest BCUT2D eigenvalue weighted by molar-refractivity contribution is 0.101. The first-order valence-corrected chi connectivity index (χ1v) is 11.3. The SMILES string of the molecule is C#CCNS(=O)(=O)c1cccc(C(=O)Nc2ccc(OC)c(NC(=O)c3cccc(F)c3)c2)c1. The number of anilines is 2. The van der Waals surface area contributed by atoms with Crippen molar-refractivity contribution in [1.82, 2.24) is 4.72 Å². The molecule has 0 unspecified atom stereocenters. The third-order valence-corrected chi connectivity index (χ3v) is 5.96. The number of hydrogen-bond donors (Lipinski definition) is 3. The van der Waals surface area contributed by atoms with Gasteiger partial charge in [-0.15, -0.1) is 6.42 Å². The number of benzene rings is 3. The van der Waals surface area contributed by atoms with Crippen LogP contribution in [0.1, 0.15) is 20.7 Å². The zero-order valence-corrected chi connectivity index (χ0v) is 18.8. The number of rotatable bonds is 8. The van der Waals surface area contributed by atoms with E-state index in [4.69, 9.17) is 11.2 Å². The van der Waals surface area contributed by atoms with Gasteiger partial charge in [0.15, 0.2) is 0 Å². The molecule has 0 aliphatic rings. The van der Waals surface area contributed by atoms with Gasteiger partial charge in [0, 0.05) is 16.8 Å². The second kappa shape index (κ2) is 10.6. The first-order valence-electron chi connectivity index (χ1n) is 9.83. The number of nitrogens with one attached hydrogen (secondary N) is 3. The topological polar surface area (TPSA) is 114 Å². The fraction of sp³-hybridized carbons (Fsp3) is 0.0833. The number of carbonyl (C=O) groups excluding carboxylic acids is 2. The second-order valence-corrected chi connectivity index (χ2v) is 8.66. The van der Waals surface area contributed by atoms with E-state index in [0.29, 0.717) is 11.4 Å². The first kappa shape index (κ1) is 24.4. The summed E-state index contributed by atoms with van der Waals surface area (Å²) in [5.41, 5.74) is 0.737. The molecule has 0 spiro atoms. The van der Waals surface area contributed by atoms with E-state index < -0.39 is 27.7 Å². The van der Waals surface area contributed by atoms with E-state index in [0.717, 1.165) is 6.07 Å². The van der Waals surface area contributed by atoms with Gasteiger partial charge in [0.1, 0.15) is 11.6 Å². The number of amides is 2. The van der Waals surface area contributed by atoms with Gasteiger partial charge in [0.2, 0.25) is 10.0 Å². The summed E-state index contributed by atoms with van der Waals surface area (Å²) in [6.45, 7) is -0.186. The van der Waals surface area contributed by atoms with Crippen molar-refractivity contribution >= 4 is 33.2 Å². The van der Waals surface area contributed by atoms with Crippen LogP contribution >= 0.6 is 0 Å². The highest BCUT2D eigenvalue weighted by Gasteiger charge is 2.17. The minimum atomic E-state index is -3.87. The lowest BCUT2D eigenvalue weighted by atomic mass is 10.2. The minimum Gasteiger partial charge on any atom is -0.495 e. The fourth-order valence-electron chi connectivity index (χ4n) is 2.94. The Labute approximate surface area is 196 Å². The molecule has 0 radical (unpaired) electrons. The monoisotopic (exact) mass is 481 g/mol. The van der Waals surface area contributed by atoms with Crippen LogP contribution in [0.2, 0.25) is 0 Å². The second-order valence-electron chi connectivity index (χ2n) is 6.89. The summed E-state index contributed by atoms with van der Waals surface area (Å²) in [5, 5.41) is 5.26. The Morgan fingerprint density at radius 2 is 1.65 bits per heavy atom. The van der Waals surface area contributed by atoms with Gasteiger partial charge < -0.3 is 15.4 Å². The number of sulfonamides is 1. The molecule has 3 N–H and O–H groups in total. The van der Waals surface area contributed by atoms with Crippen molar-refractivity contribution in [1.29, 1.82) is 0 Å². The van der Waals surface area contributed by atoms with Gasteiger partial charge in [-0.1, -0.05) is 18.1 Å². The number of hydrogen-bond acceptors (Lipinski definition) is 5. The predicted octanol–water partition coefficient (Wildman–Crippen LogP) is 3.25. The molecule has 3 rings (SSSR count). The fourth-order valence-corrected chi connectivity index (χ4v) is 3.92. The Balaban J connectivity index is 1.81. The Bertz CT molecular complexity index is 1380. The molecule has 3 aromatic carbocycles. The minimum absolute atomic E-state index is 0.0877. The van der Waals surface area contributed by atoms with E-state index in [1.54, 1.807) is 6.07 Å². The van der Waals surface area contributed by atoms with Gasteiger partial charge in [-0.25, -0.2) is 12.8 Å². The largest absolute Gasteiger partial charge is 0.495 e. The molecule has 0 fully saturated rings. The molecule has 0 bridgehead atoms. The van der Waals surface area contributed by atoms with E-state index in [-0.39, 0.29) is 28.3 Å². The first-order chi connectivity index (χ1) is 16.2. The lowest BCUT2D eigenvalue weighted by Crippen LogP contribution is -2.24. The van der Waals surface area contributed by atoms with Gasteiger partial charge in [0.05, 0.1) is 24.2 Å². The zero-order chi connectivity index (χ0) is 24.7. The van der Waals surface area contributed by atoms with E-state index in [2.05, 4.69) is 21.3 Å². The standard InChI is InChI=1S/C24H20FN3O5S/c1-3-12-26-34(31,32)20-9-5-7-17(14-20)23(29)27-19-10-11-22(33-2)21(15-19)28-24(30)16-6-4-8-18(25)13-16/h1,4-11,13-15,26H,12H2,2H3,(H,27,29)(H,28,30). The molecule has 10 heteroatoms. The molecular formula is C24H20FN3O5S. The molecule has 2 amide bonds. The number of methoxy groups -OCH3 is 1. The van der Waals surface area contributed by atoms with Crippen LogP contribution in [0.3, 0.4) is 0 Å². The molecule has 0 aromatic heterocycles. The van der Waals surface area contributed by atoms with Gasteiger partial charge >= 0.3 is 0 Å². The quantitative estimate of drug-likeness (QED) is 0.428. The molecule has 0 aliphatic heterocycles. The maximum atomic E-state index is 13.4. The Hall–Kier alpha value is -4.20. The Morgan fingerprint density at radius 3 is 2.32 bits per heavy atom. The van der Waals surface area contributed by atoms with Gasteiger partial charge in [-0.3, -0.25) is 9.59 Å². The van der Waals surface area contributed by atoms with Gasteiger partial charge in [0.25, 0.3) is 11.8 Å². The molecule has 0 heterocycles. The normalized spacial score (nSPS) is 10.7. The highest BCUT2D eigenvalue weighted by molar-refractivity contribution is 7.89. The summed E-state index contributed by atoms with van der Waals surface area (Å²) in [6.07, 6.45) is 5.09. The Morgan fingerprint density at radius 1 is 0.971 bits per heavy atom. The summed E-state index contributed by atoms with van der Waals surface area (Å²) < 4.78 is 45.4. The van der Waals surface area contributed by atoms with Crippen molar-refractivity contribution in [3.63, 3.8) is 0 Å². The maximum absolute atomic E-state index is 13.4. The van der Waals surface area contributed by atoms with Gasteiger partial charge in [-0.2, -0.15) is 4.72 Å². The van der Waals surface area contributed by atoms with Crippen molar-refractivity contribution in [2.45, 2.75) is 4.90 Å². The van der Waals surface area contributed by atoms with Crippen molar-refractivity contribution in [3.8, 4) is 18.1 Å². The highest BCUT2D eigenvalue weighted by Crippen LogP contribution is 2.29. The number of ether oxygens (including phenoxy) is 1. The van der Waals surface area contributed by atoms with Crippen molar-refractivity contribution < 1.29 is 27.1 Å². The highest BCUT2D eigenvalue weighted by atomic mass is 32.2. The van der Waals surface area contributed by atoms with Crippen LogP contribution in [0, 0.1) is 18.2 Å². The van der Waals surface area contributed by atoms with Crippen LogP contribution in [0.4, 0.5) is 15.8 Å². The smallest absolute Gasteiger partial charge is 0.255 e. The van der Waals surface area contributed by atoms with Crippen LogP contribution in [0.5, 0.6) is 5.75 Å². The number of terminal acetylenes is 1. The number of halogens is 1. The van der Waals surface area contributed by atoms with Crippen LogP contribution in [-0.4, -0.2) is 33.9 Å². The maximum Gasteiger partial charge on any atom is 0.255 e. The van der Waals surface area contributed by atoms with Gasteiger partial charge in [-0.05, 0) is 54.6 Å². The molecule has 0 saturated heterocycles. The average Bonchev–Trinajstić information content (AvgIpc) is 2.83. The molecule has 174 valence electrons. The van der Waals surface area contributed by atoms with Crippen molar-refractivity contribution in [3.05, 3.63) is 83.7 Å². The average molecular weight is 482 g/mol. The molecule has 0 aliphatic carbocycles. The third-order valence-electron chi connectivity index (χ3n) is 4.56. The predicted molar refractivity (Wildman–Crippen MR) is 126 cm³/mol. The summed E-state index contributed by atoms with van der Waals surface area (Å²) in [5.74, 6) is 0.783. The van der Waals surface area contributed by atoms with Crippen molar-refractivity contribution in [2.75, 3.05) is 24.3 Å². The van der Waals surface area contributed by atoms with E-state index in [1.807, 2.05) is 0 Å². The van der Waals surface area contributed by atoms with Crippen molar-refractivity contribution in [2.24, 2.45) is 0 Å². The van der Waals surface area contributed by atoms with E-state index >= 15 is 0 Å². The van der Waals surface area contributed by atoms with E-state index in [9.17, 15) is 22.4 Å². The zero-order valence-electron chi connectivity index (χ0n) is 18.0. The third kappa shape index (κ3) is 5.98. The summed E-state index contributed by atoms with van der Waals surface area (Å²) in [6, 6.07) is 15.1. The molecule has 3 aromatic rings. The molecule has 0 saturated carbocycles. The molecule has 8 nitrogen and oxygen atoms in total. The van der Waals surface area contributed by atoms with Crippen LogP contribution in [0.25, 0.3) is 0 Å². The molecule has 34 heavy (non-hydrogen) atoms. The molecule has 0 atom stereocenters. The van der Waals surface area contributed by atoms with E-state index in [1.165, 1.54) is 61.7 Å². The van der Waals surface area contributed by atoms with Crippen LogP contribution < -0.4 is 20.1 Å². The number of carbonyl (C=O) groups is 2. The van der Waals surface area contributed by atoms with Crippen LogP contribution in [0.15, 0.2) is 71.6 Å². The summed E-state index contributed by atoms with van der Waals surface area (Å²) in [7, 11) is -2.46. The molecular weight excluding hydrogens is 461 g/mol. The lowest BCUT2D eigenvalue weighted by Gasteiger charge is -2.13. The Kier molecular flexibility index (Phi) is 7.63. The summed E-state index contributed by atoms with van der Waals surface area (Å²) in [4.78, 5) is 25.1. The summed E-state index contributed by atoms with van der Waals surface area (Å²) >= 11 is 0. The van der Waals surface area contributed by atoms with Crippen LogP contribution in [-0.2, 0) is 10.0 Å².